The van der Waals surface area contributed by atoms with Gasteiger partial charge in [-0.1, -0.05) is 35.9 Å². The van der Waals surface area contributed by atoms with Crippen LogP contribution in [0.2, 0.25) is 0 Å². The van der Waals surface area contributed by atoms with Crippen molar-refractivity contribution in [2.24, 2.45) is 0 Å². The molecule has 0 atom stereocenters. The molecule has 0 saturated carbocycles. The number of furan rings is 1. The van der Waals surface area contributed by atoms with Crippen LogP contribution >= 0.6 is 11.3 Å². The van der Waals surface area contributed by atoms with Gasteiger partial charge in [-0.15, -0.1) is 11.3 Å². The van der Waals surface area contributed by atoms with E-state index in [9.17, 15) is 9.59 Å². The van der Waals surface area contributed by atoms with Crippen LogP contribution in [0.3, 0.4) is 0 Å². The fourth-order valence-corrected chi connectivity index (χ4v) is 3.84. The van der Waals surface area contributed by atoms with E-state index < -0.39 is 0 Å². The molecule has 2 aromatic heterocycles. The second-order valence-electron chi connectivity index (χ2n) is 6.77. The zero-order valence-corrected chi connectivity index (χ0v) is 16.4. The minimum Gasteiger partial charge on any atom is -0.452 e. The second kappa shape index (κ2) is 7.44. The minimum absolute atomic E-state index is 0.0824. The number of hydrogen-bond acceptors (Lipinski definition) is 4. The van der Waals surface area contributed by atoms with Crippen LogP contribution in [0.25, 0.3) is 11.0 Å². The molecule has 0 bridgehead atoms. The van der Waals surface area contributed by atoms with Crippen LogP contribution in [-0.2, 0) is 11.2 Å². The number of thiophene rings is 1. The summed E-state index contributed by atoms with van der Waals surface area (Å²) >= 11 is 1.55. The smallest absolute Gasteiger partial charge is 0.229 e. The van der Waals surface area contributed by atoms with E-state index in [2.05, 4.69) is 5.32 Å². The SMILES string of the molecule is Cc1ccc(C(=O)c2oc3cc(NC(=O)Cc4cccs4)ccc3c2C)cc1. The zero-order valence-electron chi connectivity index (χ0n) is 15.6. The highest BCUT2D eigenvalue weighted by atomic mass is 32.1. The highest BCUT2D eigenvalue weighted by Crippen LogP contribution is 2.29. The van der Waals surface area contributed by atoms with E-state index in [1.165, 1.54) is 0 Å². The molecule has 0 saturated heterocycles. The Bertz CT molecular complexity index is 1150. The number of hydrogen-bond donors (Lipinski definition) is 1. The molecule has 140 valence electrons. The standard InChI is InChI=1S/C23H19NO3S/c1-14-5-7-16(8-6-14)22(26)23-15(2)19-10-9-17(12-20(19)27-23)24-21(25)13-18-4-3-11-28-18/h3-12H,13H2,1-2H3,(H,24,25). The van der Waals surface area contributed by atoms with E-state index in [1.54, 1.807) is 29.5 Å². The molecule has 4 nitrogen and oxygen atoms in total. The van der Waals surface area contributed by atoms with E-state index in [1.807, 2.05) is 55.6 Å². The van der Waals surface area contributed by atoms with Gasteiger partial charge in [0.05, 0.1) is 6.42 Å². The summed E-state index contributed by atoms with van der Waals surface area (Å²) in [6, 6.07) is 16.8. The summed E-state index contributed by atoms with van der Waals surface area (Å²) in [6.45, 7) is 3.86. The van der Waals surface area contributed by atoms with Crippen LogP contribution in [0.1, 0.15) is 32.1 Å². The Labute approximate surface area is 166 Å². The summed E-state index contributed by atoms with van der Waals surface area (Å²) < 4.78 is 5.87. The Balaban J connectivity index is 1.59. The third kappa shape index (κ3) is 3.62. The maximum absolute atomic E-state index is 12.8. The molecule has 4 aromatic rings. The third-order valence-corrected chi connectivity index (χ3v) is 5.53. The van der Waals surface area contributed by atoms with Crippen LogP contribution in [0, 0.1) is 13.8 Å². The first-order valence-corrected chi connectivity index (χ1v) is 9.86. The van der Waals surface area contributed by atoms with Crippen molar-refractivity contribution in [3.05, 3.63) is 87.3 Å². The van der Waals surface area contributed by atoms with E-state index in [-0.39, 0.29) is 11.7 Å². The van der Waals surface area contributed by atoms with Crippen molar-refractivity contribution >= 4 is 39.7 Å². The maximum Gasteiger partial charge on any atom is 0.229 e. The Kier molecular flexibility index (Phi) is 4.84. The van der Waals surface area contributed by atoms with Gasteiger partial charge in [0.15, 0.2) is 5.76 Å². The number of amides is 1. The zero-order chi connectivity index (χ0) is 19.7. The molecule has 4 rings (SSSR count). The molecular formula is C23H19NO3S. The van der Waals surface area contributed by atoms with Crippen LogP contribution in [0.5, 0.6) is 0 Å². The van der Waals surface area contributed by atoms with Gasteiger partial charge in [-0.2, -0.15) is 0 Å². The van der Waals surface area contributed by atoms with Gasteiger partial charge in [0.2, 0.25) is 11.7 Å². The number of ketones is 1. The predicted molar refractivity (Wildman–Crippen MR) is 112 cm³/mol. The van der Waals surface area contributed by atoms with Gasteiger partial charge < -0.3 is 9.73 Å². The third-order valence-electron chi connectivity index (χ3n) is 4.66. The number of carbonyl (C=O) groups is 2. The fraction of sp³-hybridized carbons (Fsp3) is 0.130. The summed E-state index contributed by atoms with van der Waals surface area (Å²) in [5.74, 6) is 0.110. The molecular weight excluding hydrogens is 370 g/mol. The van der Waals surface area contributed by atoms with Crippen LogP contribution in [0.4, 0.5) is 5.69 Å². The van der Waals surface area contributed by atoms with Crippen molar-refractivity contribution in [3.8, 4) is 0 Å². The van der Waals surface area contributed by atoms with E-state index in [0.717, 1.165) is 21.4 Å². The summed E-state index contributed by atoms with van der Waals surface area (Å²) in [4.78, 5) is 26.1. The van der Waals surface area contributed by atoms with E-state index in [0.29, 0.717) is 29.0 Å². The molecule has 0 unspecified atom stereocenters. The molecule has 0 aliphatic heterocycles. The van der Waals surface area contributed by atoms with Crippen molar-refractivity contribution in [2.45, 2.75) is 20.3 Å². The molecule has 0 aliphatic rings. The number of rotatable bonds is 5. The largest absolute Gasteiger partial charge is 0.452 e. The lowest BCUT2D eigenvalue weighted by molar-refractivity contribution is -0.115. The Morgan fingerprint density at radius 3 is 2.54 bits per heavy atom. The fourth-order valence-electron chi connectivity index (χ4n) is 3.13. The maximum atomic E-state index is 12.8. The van der Waals surface area contributed by atoms with Gasteiger partial charge in [0, 0.05) is 33.1 Å². The van der Waals surface area contributed by atoms with Gasteiger partial charge in [-0.3, -0.25) is 9.59 Å². The Morgan fingerprint density at radius 2 is 1.82 bits per heavy atom. The minimum atomic E-state index is -0.142. The highest BCUT2D eigenvalue weighted by Gasteiger charge is 2.19. The van der Waals surface area contributed by atoms with E-state index in [4.69, 9.17) is 4.42 Å². The number of carbonyl (C=O) groups excluding carboxylic acids is 2. The molecule has 2 heterocycles. The molecule has 0 fully saturated rings. The lowest BCUT2D eigenvalue weighted by Crippen LogP contribution is -2.13. The summed E-state index contributed by atoms with van der Waals surface area (Å²) in [5, 5.41) is 5.71. The number of aryl methyl sites for hydroxylation is 2. The number of fused-ring (bicyclic) bond motifs is 1. The van der Waals surface area contributed by atoms with E-state index >= 15 is 0 Å². The Hall–Kier alpha value is -3.18. The van der Waals surface area contributed by atoms with Crippen LogP contribution < -0.4 is 5.32 Å². The van der Waals surface area contributed by atoms with Crippen LogP contribution in [0.15, 0.2) is 64.4 Å². The highest BCUT2D eigenvalue weighted by molar-refractivity contribution is 7.10. The first kappa shape index (κ1) is 18.2. The monoisotopic (exact) mass is 389 g/mol. The molecule has 5 heteroatoms. The lowest BCUT2D eigenvalue weighted by atomic mass is 10.0. The number of benzene rings is 2. The predicted octanol–water partition coefficient (Wildman–Crippen LogP) is 5.52. The van der Waals surface area contributed by atoms with Crippen LogP contribution in [-0.4, -0.2) is 11.7 Å². The van der Waals surface area contributed by atoms with Crippen molar-refractivity contribution in [3.63, 3.8) is 0 Å². The molecule has 0 aliphatic carbocycles. The lowest BCUT2D eigenvalue weighted by Gasteiger charge is -2.04. The molecule has 2 aromatic carbocycles. The molecule has 1 N–H and O–H groups in total. The first-order chi connectivity index (χ1) is 13.5. The summed E-state index contributed by atoms with van der Waals surface area (Å²) in [6.07, 6.45) is 0.337. The van der Waals surface area contributed by atoms with Gasteiger partial charge >= 0.3 is 0 Å². The van der Waals surface area contributed by atoms with Crippen molar-refractivity contribution in [1.29, 1.82) is 0 Å². The number of anilines is 1. The summed E-state index contributed by atoms with van der Waals surface area (Å²) in [5.41, 5.74) is 3.73. The van der Waals surface area contributed by atoms with Gasteiger partial charge in [0.25, 0.3) is 0 Å². The molecule has 28 heavy (non-hydrogen) atoms. The number of nitrogens with one attached hydrogen (secondary N) is 1. The van der Waals surface area contributed by atoms with Gasteiger partial charge in [0.1, 0.15) is 5.58 Å². The van der Waals surface area contributed by atoms with Crippen molar-refractivity contribution in [2.75, 3.05) is 5.32 Å². The Morgan fingerprint density at radius 1 is 1.04 bits per heavy atom. The second-order valence-corrected chi connectivity index (χ2v) is 7.80. The normalized spacial score (nSPS) is 10.9. The molecule has 0 spiro atoms. The quantitative estimate of drug-likeness (QED) is 0.457. The van der Waals surface area contributed by atoms with Crippen molar-refractivity contribution < 1.29 is 14.0 Å². The summed E-state index contributed by atoms with van der Waals surface area (Å²) in [7, 11) is 0. The van der Waals surface area contributed by atoms with Gasteiger partial charge in [-0.05, 0) is 37.4 Å². The van der Waals surface area contributed by atoms with Crippen molar-refractivity contribution in [1.82, 2.24) is 0 Å². The van der Waals surface area contributed by atoms with Gasteiger partial charge in [-0.25, -0.2) is 0 Å². The first-order valence-electron chi connectivity index (χ1n) is 8.98. The average molecular weight is 389 g/mol. The molecule has 1 amide bonds. The average Bonchev–Trinajstić information content (AvgIpc) is 3.29. The molecule has 0 radical (unpaired) electrons. The topological polar surface area (TPSA) is 59.3 Å².